The third-order valence-corrected chi connectivity index (χ3v) is 4.77. The molecule has 2 N–H and O–H groups in total. The van der Waals surface area contributed by atoms with Crippen LogP contribution in [0.15, 0.2) is 47.1 Å². The van der Waals surface area contributed by atoms with Gasteiger partial charge >= 0.3 is 6.18 Å². The van der Waals surface area contributed by atoms with Crippen molar-refractivity contribution in [1.29, 1.82) is 0 Å². The average Bonchev–Trinajstić information content (AvgIpc) is 3.38. The molecule has 7 nitrogen and oxygen atoms in total. The van der Waals surface area contributed by atoms with Crippen molar-refractivity contribution in [3.8, 4) is 0 Å². The molecule has 0 spiro atoms. The number of nitrogens with zero attached hydrogens (tertiary/aromatic N) is 2. The Bertz CT molecular complexity index is 1160. The van der Waals surface area contributed by atoms with E-state index in [1.165, 1.54) is 24.5 Å². The molecule has 0 saturated carbocycles. The predicted molar refractivity (Wildman–Crippen MR) is 117 cm³/mol. The molecule has 0 unspecified atom stereocenters. The summed E-state index contributed by atoms with van der Waals surface area (Å²) in [7, 11) is 0. The number of rotatable bonds is 5. The van der Waals surface area contributed by atoms with E-state index >= 15 is 0 Å². The Hall–Kier alpha value is -3.56. The molecule has 0 bridgehead atoms. The molecule has 176 valence electrons. The van der Waals surface area contributed by atoms with Gasteiger partial charge in [0.15, 0.2) is 11.5 Å². The second-order valence-electron chi connectivity index (χ2n) is 8.84. The number of nitrogens with one attached hydrogen (secondary N) is 2. The van der Waals surface area contributed by atoms with Gasteiger partial charge in [0, 0.05) is 11.4 Å². The summed E-state index contributed by atoms with van der Waals surface area (Å²) < 4.78 is 47.8. The first-order chi connectivity index (χ1) is 15.3. The maximum atomic E-state index is 13.7. The zero-order valence-corrected chi connectivity index (χ0v) is 18.9. The monoisotopic (exact) mass is 462 g/mol. The number of carbonyl (C=O) groups excluding carboxylic acids is 2. The number of hydrogen-bond donors (Lipinski definition) is 2. The topological polar surface area (TPSA) is 89.2 Å². The van der Waals surface area contributed by atoms with Crippen molar-refractivity contribution in [2.24, 2.45) is 0 Å². The first-order valence-electron chi connectivity index (χ1n) is 10.2. The SMILES string of the molecule is CC(C)c1cc(C(=O)Nc2ccc(NC(=O)c3ccco3)cc2C(F)(F)F)nn1C(C)(C)C. The summed E-state index contributed by atoms with van der Waals surface area (Å²) in [6.45, 7) is 9.65. The molecule has 0 aliphatic rings. The minimum atomic E-state index is -4.78. The number of anilines is 2. The lowest BCUT2D eigenvalue weighted by molar-refractivity contribution is -0.136. The molecular formula is C23H25F3N4O3. The molecular weight excluding hydrogens is 437 g/mol. The van der Waals surface area contributed by atoms with E-state index in [2.05, 4.69) is 15.7 Å². The largest absolute Gasteiger partial charge is 0.459 e. The second-order valence-corrected chi connectivity index (χ2v) is 8.84. The minimum absolute atomic E-state index is 0.0111. The number of amides is 2. The summed E-state index contributed by atoms with van der Waals surface area (Å²) in [4.78, 5) is 24.9. The Kier molecular flexibility index (Phi) is 6.40. The second kappa shape index (κ2) is 8.76. The van der Waals surface area contributed by atoms with Gasteiger partial charge in [0.05, 0.1) is 23.1 Å². The fraction of sp³-hybridized carbons (Fsp3) is 0.348. The van der Waals surface area contributed by atoms with Crippen LogP contribution in [-0.4, -0.2) is 21.6 Å². The van der Waals surface area contributed by atoms with E-state index in [1.54, 1.807) is 10.7 Å². The molecule has 1 aromatic carbocycles. The molecule has 0 saturated heterocycles. The number of halogens is 3. The number of hydrogen-bond acceptors (Lipinski definition) is 4. The molecule has 0 aliphatic heterocycles. The normalized spacial score (nSPS) is 12.2. The van der Waals surface area contributed by atoms with Crippen molar-refractivity contribution in [3.63, 3.8) is 0 Å². The van der Waals surface area contributed by atoms with Gasteiger partial charge in [-0.05, 0) is 63.1 Å². The van der Waals surface area contributed by atoms with Gasteiger partial charge in [-0.1, -0.05) is 13.8 Å². The first-order valence-corrected chi connectivity index (χ1v) is 10.2. The van der Waals surface area contributed by atoms with Crippen LogP contribution in [0.4, 0.5) is 24.5 Å². The highest BCUT2D eigenvalue weighted by atomic mass is 19.4. The van der Waals surface area contributed by atoms with E-state index in [0.717, 1.165) is 17.8 Å². The van der Waals surface area contributed by atoms with Crippen LogP contribution in [-0.2, 0) is 11.7 Å². The lowest BCUT2D eigenvalue weighted by Crippen LogP contribution is -2.26. The van der Waals surface area contributed by atoms with Gasteiger partial charge in [0.2, 0.25) is 0 Å². The van der Waals surface area contributed by atoms with Crippen molar-refractivity contribution in [3.05, 3.63) is 65.4 Å². The Morgan fingerprint density at radius 3 is 2.24 bits per heavy atom. The van der Waals surface area contributed by atoms with Gasteiger partial charge in [0.1, 0.15) is 0 Å². The lowest BCUT2D eigenvalue weighted by atomic mass is 10.1. The van der Waals surface area contributed by atoms with E-state index in [0.29, 0.717) is 0 Å². The van der Waals surface area contributed by atoms with Crippen LogP contribution in [0.3, 0.4) is 0 Å². The summed E-state index contributed by atoms with van der Waals surface area (Å²) in [5.41, 5.74) is -1.26. The Morgan fingerprint density at radius 2 is 1.73 bits per heavy atom. The highest BCUT2D eigenvalue weighted by molar-refractivity contribution is 6.04. The standard InChI is InChI=1S/C23H25F3N4O3/c1-13(2)18-12-17(29-30(18)22(3,4)5)20(31)28-16-9-8-14(11-15(16)23(24,25)26)27-21(32)19-7-6-10-33-19/h6-13H,1-5H3,(H,27,32)(H,28,31). The predicted octanol–water partition coefficient (Wildman–Crippen LogP) is 5.88. The third kappa shape index (κ3) is 5.44. The van der Waals surface area contributed by atoms with Gasteiger partial charge in [0.25, 0.3) is 11.8 Å². The van der Waals surface area contributed by atoms with Crippen LogP contribution in [0.2, 0.25) is 0 Å². The molecule has 3 aromatic rings. The van der Waals surface area contributed by atoms with E-state index in [1.807, 2.05) is 34.6 Å². The fourth-order valence-electron chi connectivity index (χ4n) is 3.21. The first kappa shape index (κ1) is 24.1. The van der Waals surface area contributed by atoms with Gasteiger partial charge in [-0.2, -0.15) is 18.3 Å². The Morgan fingerprint density at radius 1 is 1.03 bits per heavy atom. The molecule has 0 atom stereocenters. The number of benzene rings is 1. The van der Waals surface area contributed by atoms with Gasteiger partial charge in [-0.25, -0.2) is 0 Å². The molecule has 0 radical (unpaired) electrons. The van der Waals surface area contributed by atoms with Crippen molar-refractivity contribution in [2.45, 2.75) is 52.3 Å². The van der Waals surface area contributed by atoms with Crippen molar-refractivity contribution in [1.82, 2.24) is 9.78 Å². The van der Waals surface area contributed by atoms with Crippen molar-refractivity contribution < 1.29 is 27.2 Å². The van der Waals surface area contributed by atoms with E-state index in [4.69, 9.17) is 4.42 Å². The van der Waals surface area contributed by atoms with Crippen LogP contribution in [0, 0.1) is 0 Å². The summed E-state index contributed by atoms with van der Waals surface area (Å²) in [5, 5.41) is 8.99. The van der Waals surface area contributed by atoms with Crippen molar-refractivity contribution in [2.75, 3.05) is 10.6 Å². The van der Waals surface area contributed by atoms with Crippen LogP contribution in [0.5, 0.6) is 0 Å². The molecule has 0 aliphatic carbocycles. The molecule has 2 aromatic heterocycles. The summed E-state index contributed by atoms with van der Waals surface area (Å²) in [6, 6.07) is 7.55. The smallest absolute Gasteiger partial charge is 0.418 e. The van der Waals surface area contributed by atoms with Crippen LogP contribution in [0.25, 0.3) is 0 Å². The number of aromatic nitrogens is 2. The quantitative estimate of drug-likeness (QED) is 0.496. The molecule has 10 heteroatoms. The highest BCUT2D eigenvalue weighted by Crippen LogP contribution is 2.37. The number of carbonyl (C=O) groups is 2. The Balaban J connectivity index is 1.90. The molecule has 33 heavy (non-hydrogen) atoms. The fourth-order valence-corrected chi connectivity index (χ4v) is 3.21. The van der Waals surface area contributed by atoms with Gasteiger partial charge in [-0.3, -0.25) is 14.3 Å². The van der Waals surface area contributed by atoms with E-state index in [-0.39, 0.29) is 23.1 Å². The molecule has 2 heterocycles. The zero-order chi connectivity index (χ0) is 24.6. The van der Waals surface area contributed by atoms with Crippen LogP contribution < -0.4 is 10.6 Å². The van der Waals surface area contributed by atoms with E-state index < -0.39 is 34.8 Å². The van der Waals surface area contributed by atoms with Gasteiger partial charge < -0.3 is 15.1 Å². The van der Waals surface area contributed by atoms with Crippen LogP contribution in [0.1, 0.15) is 72.8 Å². The van der Waals surface area contributed by atoms with Crippen LogP contribution >= 0.6 is 0 Å². The Labute approximate surface area is 189 Å². The average molecular weight is 462 g/mol. The molecule has 3 rings (SSSR count). The van der Waals surface area contributed by atoms with E-state index in [9.17, 15) is 22.8 Å². The number of furan rings is 1. The van der Waals surface area contributed by atoms with Gasteiger partial charge in [-0.15, -0.1) is 0 Å². The zero-order valence-electron chi connectivity index (χ0n) is 18.9. The molecule has 2 amide bonds. The maximum absolute atomic E-state index is 13.7. The number of alkyl halides is 3. The molecule has 0 fully saturated rings. The summed E-state index contributed by atoms with van der Waals surface area (Å²) in [5.74, 6) is -1.45. The van der Waals surface area contributed by atoms with Crippen molar-refractivity contribution >= 4 is 23.2 Å². The maximum Gasteiger partial charge on any atom is 0.418 e. The third-order valence-electron chi connectivity index (χ3n) is 4.77. The summed E-state index contributed by atoms with van der Waals surface area (Å²) >= 11 is 0. The summed E-state index contributed by atoms with van der Waals surface area (Å²) in [6.07, 6.45) is -3.50. The minimum Gasteiger partial charge on any atom is -0.459 e. The lowest BCUT2D eigenvalue weighted by Gasteiger charge is -2.23. The highest BCUT2D eigenvalue weighted by Gasteiger charge is 2.35.